The maximum atomic E-state index is 14.3. The molecule has 0 heterocycles. The van der Waals surface area contributed by atoms with Crippen molar-refractivity contribution < 1.29 is 17.5 Å². The van der Waals surface area contributed by atoms with Crippen LogP contribution in [0.3, 0.4) is 0 Å². The summed E-state index contributed by atoms with van der Waals surface area (Å²) in [4.78, 5) is 0. The molecule has 2 atom stereocenters. The molecule has 0 saturated heterocycles. The molecule has 2 aromatic rings. The summed E-state index contributed by atoms with van der Waals surface area (Å²) >= 11 is 0. The summed E-state index contributed by atoms with van der Waals surface area (Å²) in [5.74, 6) is 1.23. The summed E-state index contributed by atoms with van der Waals surface area (Å²) in [5, 5.41) is 3.40. The lowest BCUT2D eigenvalue weighted by atomic mass is 9.76. The number of hydrogen-bond donors (Lipinski definition) is 2. The van der Waals surface area contributed by atoms with Gasteiger partial charge in [-0.2, -0.15) is 0 Å². The first-order valence-corrected chi connectivity index (χ1v) is 12.7. The highest BCUT2D eigenvalue weighted by atomic mass is 35.5. The van der Waals surface area contributed by atoms with Crippen molar-refractivity contribution >= 4 is 22.4 Å². The van der Waals surface area contributed by atoms with Crippen molar-refractivity contribution in [2.45, 2.75) is 44.1 Å². The van der Waals surface area contributed by atoms with Gasteiger partial charge in [0.2, 0.25) is 10.0 Å². The van der Waals surface area contributed by atoms with Crippen LogP contribution in [0.15, 0.2) is 42.5 Å². The van der Waals surface area contributed by atoms with Crippen LogP contribution in [0.25, 0.3) is 0 Å². The second-order valence-electron chi connectivity index (χ2n) is 8.66. The third-order valence-electron chi connectivity index (χ3n) is 6.34. The number of rotatable bonds is 10. The van der Waals surface area contributed by atoms with E-state index in [4.69, 9.17) is 4.74 Å². The Hall–Kier alpha value is -1.67. The summed E-state index contributed by atoms with van der Waals surface area (Å²) in [7, 11) is -1.26. The van der Waals surface area contributed by atoms with E-state index in [1.54, 1.807) is 6.07 Å². The Morgan fingerprint density at radius 1 is 1.12 bits per heavy atom. The highest BCUT2D eigenvalue weighted by Gasteiger charge is 2.30. The number of hydrogen-bond acceptors (Lipinski definition) is 4. The van der Waals surface area contributed by atoms with Crippen molar-refractivity contribution in [3.8, 4) is 5.75 Å². The Labute approximate surface area is 196 Å². The Morgan fingerprint density at radius 2 is 1.91 bits per heavy atom. The highest BCUT2D eigenvalue weighted by molar-refractivity contribution is 7.89. The van der Waals surface area contributed by atoms with Crippen LogP contribution >= 0.6 is 12.4 Å². The maximum Gasteiger partial charge on any atom is 0.211 e. The number of benzene rings is 2. The predicted molar refractivity (Wildman–Crippen MR) is 128 cm³/mol. The smallest absolute Gasteiger partial charge is 0.211 e. The van der Waals surface area contributed by atoms with E-state index >= 15 is 0 Å². The molecule has 0 aliphatic heterocycles. The van der Waals surface area contributed by atoms with Gasteiger partial charge in [0.05, 0.1) is 5.75 Å². The van der Waals surface area contributed by atoms with Crippen LogP contribution in [0, 0.1) is 11.7 Å². The number of aryl methyl sites for hydroxylation is 1. The molecule has 32 heavy (non-hydrogen) atoms. The lowest BCUT2D eigenvalue weighted by Crippen LogP contribution is -2.37. The van der Waals surface area contributed by atoms with Crippen molar-refractivity contribution in [2.24, 2.45) is 5.92 Å². The largest absolute Gasteiger partial charge is 0.492 e. The van der Waals surface area contributed by atoms with Crippen molar-refractivity contribution in [1.82, 2.24) is 10.0 Å². The lowest BCUT2D eigenvalue weighted by molar-refractivity contribution is 0.320. The molecule has 0 spiro atoms. The minimum Gasteiger partial charge on any atom is -0.492 e. The molecule has 8 heteroatoms. The second kappa shape index (κ2) is 11.0. The van der Waals surface area contributed by atoms with Gasteiger partial charge in [0.25, 0.3) is 0 Å². The zero-order valence-corrected chi connectivity index (χ0v) is 20.0. The van der Waals surface area contributed by atoms with Crippen LogP contribution in [0.2, 0.25) is 0 Å². The monoisotopic (exact) mass is 482 g/mol. The molecule has 0 bridgehead atoms. The average molecular weight is 483 g/mol. The van der Waals surface area contributed by atoms with Gasteiger partial charge in [-0.3, -0.25) is 0 Å². The van der Waals surface area contributed by atoms with Gasteiger partial charge < -0.3 is 10.1 Å². The van der Waals surface area contributed by atoms with Crippen molar-refractivity contribution in [3.05, 3.63) is 65.0 Å². The minimum absolute atomic E-state index is 0. The molecule has 0 aromatic heterocycles. The predicted octanol–water partition coefficient (Wildman–Crippen LogP) is 3.82. The van der Waals surface area contributed by atoms with Gasteiger partial charge in [-0.15, -0.1) is 12.4 Å². The normalized spacial score (nSPS) is 20.3. The number of halogens is 2. The van der Waals surface area contributed by atoms with Crippen molar-refractivity contribution in [2.75, 3.05) is 26.0 Å². The molecular formula is C24H32ClFN2O3S. The van der Waals surface area contributed by atoms with E-state index in [1.807, 2.05) is 31.3 Å². The van der Waals surface area contributed by atoms with Gasteiger partial charge in [0, 0.05) is 18.5 Å². The fourth-order valence-electron chi connectivity index (χ4n) is 4.48. The zero-order valence-electron chi connectivity index (χ0n) is 18.3. The molecule has 0 amide bonds. The molecule has 1 saturated carbocycles. The Morgan fingerprint density at radius 3 is 2.62 bits per heavy atom. The van der Waals surface area contributed by atoms with E-state index in [2.05, 4.69) is 16.1 Å². The minimum atomic E-state index is -3.22. The van der Waals surface area contributed by atoms with E-state index in [0.717, 1.165) is 37.0 Å². The van der Waals surface area contributed by atoms with E-state index in [0.29, 0.717) is 12.3 Å². The zero-order chi connectivity index (χ0) is 21.8. The molecule has 4 rings (SSSR count). The summed E-state index contributed by atoms with van der Waals surface area (Å²) < 4.78 is 46.8. The molecule has 1 fully saturated rings. The fraction of sp³-hybridized carbons (Fsp3) is 0.500. The van der Waals surface area contributed by atoms with Gasteiger partial charge in [0.15, 0.2) is 0 Å². The second-order valence-corrected chi connectivity index (χ2v) is 10.5. The summed E-state index contributed by atoms with van der Waals surface area (Å²) in [5.41, 5.74) is 3.17. The summed E-state index contributed by atoms with van der Waals surface area (Å²) in [6.07, 6.45) is 4.61. The Bertz CT molecular complexity index is 1010. The molecule has 2 N–H and O–H groups in total. The average Bonchev–Trinajstić information content (AvgIpc) is 3.56. The molecule has 2 aliphatic carbocycles. The van der Waals surface area contributed by atoms with Crippen LogP contribution in [-0.4, -0.2) is 40.4 Å². The van der Waals surface area contributed by atoms with Crippen LogP contribution in [0.1, 0.15) is 41.9 Å². The molecule has 5 nitrogen and oxygen atoms in total. The van der Waals surface area contributed by atoms with Gasteiger partial charge in [-0.1, -0.05) is 24.3 Å². The first-order valence-electron chi connectivity index (χ1n) is 11.1. The van der Waals surface area contributed by atoms with Crippen LogP contribution in [0.5, 0.6) is 5.75 Å². The molecule has 2 aliphatic rings. The number of nitrogens with one attached hydrogen (secondary N) is 2. The van der Waals surface area contributed by atoms with E-state index in [-0.39, 0.29) is 49.1 Å². The molecule has 2 unspecified atom stereocenters. The standard InChI is InChI=1S/C24H31FN2O3S.ClH/c1-26-24-11-9-18-8-10-20(30-13-12-27-31(28,29)16-17-6-7-17)15-21(18)22(24)14-19-4-2-3-5-23(19)25;/h2-5,8,10,15,17,22,24,26-27H,6-7,9,11-14,16H2,1H3;1H. The van der Waals surface area contributed by atoms with E-state index < -0.39 is 10.0 Å². The van der Waals surface area contributed by atoms with Gasteiger partial charge >= 0.3 is 0 Å². The topological polar surface area (TPSA) is 67.4 Å². The lowest BCUT2D eigenvalue weighted by Gasteiger charge is -2.34. The van der Waals surface area contributed by atoms with E-state index in [1.165, 1.54) is 17.2 Å². The van der Waals surface area contributed by atoms with Crippen LogP contribution < -0.4 is 14.8 Å². The van der Waals surface area contributed by atoms with Gasteiger partial charge in [-0.25, -0.2) is 17.5 Å². The Kier molecular flexibility index (Phi) is 8.55. The molecule has 176 valence electrons. The van der Waals surface area contributed by atoms with Gasteiger partial charge in [-0.05, 0) is 80.0 Å². The van der Waals surface area contributed by atoms with Crippen LogP contribution in [0.4, 0.5) is 4.39 Å². The summed E-state index contributed by atoms with van der Waals surface area (Å²) in [6.45, 7) is 0.528. The quantitative estimate of drug-likeness (QED) is 0.505. The number of sulfonamides is 1. The number of likely N-dealkylation sites (N-methyl/N-ethyl adjacent to an activating group) is 1. The first kappa shape index (κ1) is 25.0. The number of ether oxygens (including phenoxy) is 1. The number of fused-ring (bicyclic) bond motifs is 1. The van der Waals surface area contributed by atoms with E-state index in [9.17, 15) is 12.8 Å². The maximum absolute atomic E-state index is 14.3. The highest BCUT2D eigenvalue weighted by Crippen LogP contribution is 2.37. The SMILES string of the molecule is CNC1CCc2ccc(OCCNS(=O)(=O)CC3CC3)cc2C1Cc1ccccc1F.Cl. The van der Waals surface area contributed by atoms with Crippen LogP contribution in [-0.2, 0) is 22.9 Å². The third kappa shape index (κ3) is 6.44. The molecular weight excluding hydrogens is 451 g/mol. The fourth-order valence-corrected chi connectivity index (χ4v) is 5.95. The molecule has 0 radical (unpaired) electrons. The van der Waals surface area contributed by atoms with Gasteiger partial charge in [0.1, 0.15) is 18.2 Å². The first-order chi connectivity index (χ1) is 14.9. The van der Waals surface area contributed by atoms with Crippen molar-refractivity contribution in [1.29, 1.82) is 0 Å². The Balaban J connectivity index is 0.00000289. The third-order valence-corrected chi connectivity index (χ3v) is 7.89. The van der Waals surface area contributed by atoms with Crippen molar-refractivity contribution in [3.63, 3.8) is 0 Å². The summed E-state index contributed by atoms with van der Waals surface area (Å²) in [6, 6.07) is 13.3. The molecule has 2 aromatic carbocycles.